The first-order chi connectivity index (χ1) is 7.77. The van der Waals surface area contributed by atoms with E-state index in [-0.39, 0.29) is 5.69 Å². The van der Waals surface area contributed by atoms with Crippen LogP contribution in [0, 0.1) is 10.1 Å². The molecule has 0 saturated heterocycles. The number of hydrogen-bond donors (Lipinski definition) is 2. The zero-order valence-corrected chi connectivity index (χ0v) is 8.51. The summed E-state index contributed by atoms with van der Waals surface area (Å²) in [5, 5.41) is 16.8. The van der Waals surface area contributed by atoms with Crippen molar-refractivity contribution in [3.8, 4) is 0 Å². The van der Waals surface area contributed by atoms with Crippen LogP contribution >= 0.6 is 0 Å². The summed E-state index contributed by atoms with van der Waals surface area (Å²) in [4.78, 5) is 10.4. The molecule has 0 atom stereocenters. The predicted octanol–water partition coefficient (Wildman–Crippen LogP) is 2.01. The second kappa shape index (κ2) is 4.48. The number of allylic oxidation sites excluding steroid dienone is 1. The van der Waals surface area contributed by atoms with Crippen molar-refractivity contribution in [2.75, 3.05) is 11.9 Å². The number of anilines is 1. The molecule has 1 aromatic rings. The molecule has 0 radical (unpaired) electrons. The molecule has 5 nitrogen and oxygen atoms in total. The molecule has 0 unspecified atom stereocenters. The van der Waals surface area contributed by atoms with Gasteiger partial charge < -0.3 is 10.6 Å². The highest BCUT2D eigenvalue weighted by Gasteiger charge is 2.12. The number of hydrogen-bond acceptors (Lipinski definition) is 4. The van der Waals surface area contributed by atoms with Crippen molar-refractivity contribution < 1.29 is 4.92 Å². The first-order valence-electron chi connectivity index (χ1n) is 4.88. The van der Waals surface area contributed by atoms with E-state index in [1.165, 1.54) is 6.07 Å². The summed E-state index contributed by atoms with van der Waals surface area (Å²) < 4.78 is 0. The highest BCUT2D eigenvalue weighted by molar-refractivity contribution is 5.64. The van der Waals surface area contributed by atoms with Crippen LogP contribution in [0.2, 0.25) is 0 Å². The summed E-state index contributed by atoms with van der Waals surface area (Å²) in [5.41, 5.74) is 1.44. The summed E-state index contributed by atoms with van der Waals surface area (Å²) in [5.74, 6) is 0. The maximum Gasteiger partial charge on any atom is 0.292 e. The smallest absolute Gasteiger partial charge is 0.292 e. The van der Waals surface area contributed by atoms with Crippen molar-refractivity contribution in [2.45, 2.75) is 0 Å². The molecule has 82 valence electrons. The number of benzene rings is 1. The van der Waals surface area contributed by atoms with Crippen LogP contribution in [0.1, 0.15) is 0 Å². The molecule has 0 aromatic heterocycles. The molecule has 2 rings (SSSR count). The van der Waals surface area contributed by atoms with Gasteiger partial charge in [0.05, 0.1) is 4.92 Å². The molecule has 0 bridgehead atoms. The van der Waals surface area contributed by atoms with Gasteiger partial charge in [-0.25, -0.2) is 0 Å². The highest BCUT2D eigenvalue weighted by atomic mass is 16.6. The molecule has 1 heterocycles. The number of nitro groups is 1. The summed E-state index contributed by atoms with van der Waals surface area (Å²) >= 11 is 0. The fourth-order valence-corrected chi connectivity index (χ4v) is 1.44. The third-order valence-electron chi connectivity index (χ3n) is 2.20. The molecule has 2 N–H and O–H groups in total. The third kappa shape index (κ3) is 2.20. The Balaban J connectivity index is 2.24. The Labute approximate surface area is 92.6 Å². The van der Waals surface area contributed by atoms with Gasteiger partial charge in [0, 0.05) is 18.3 Å². The molecule has 0 spiro atoms. The number of para-hydroxylation sites is 2. The van der Waals surface area contributed by atoms with Crippen LogP contribution in [-0.4, -0.2) is 11.5 Å². The zero-order chi connectivity index (χ0) is 11.4. The largest absolute Gasteiger partial charge is 0.387 e. The van der Waals surface area contributed by atoms with E-state index in [0.717, 1.165) is 12.2 Å². The first-order valence-corrected chi connectivity index (χ1v) is 4.88. The number of dihydropyridines is 1. The molecule has 0 amide bonds. The SMILES string of the molecule is O=[N+]([O-])c1ccccc1NC1=CCNC=C1. The minimum absolute atomic E-state index is 0.0790. The molecule has 0 aliphatic carbocycles. The highest BCUT2D eigenvalue weighted by Crippen LogP contribution is 2.24. The monoisotopic (exact) mass is 217 g/mol. The van der Waals surface area contributed by atoms with E-state index < -0.39 is 4.92 Å². The first kappa shape index (κ1) is 10.2. The lowest BCUT2D eigenvalue weighted by Gasteiger charge is -2.11. The lowest BCUT2D eigenvalue weighted by molar-refractivity contribution is -0.383. The van der Waals surface area contributed by atoms with Gasteiger partial charge >= 0.3 is 0 Å². The lowest BCUT2D eigenvalue weighted by Crippen LogP contribution is -2.12. The topological polar surface area (TPSA) is 67.2 Å². The molecule has 5 heteroatoms. The predicted molar refractivity (Wildman–Crippen MR) is 61.9 cm³/mol. The van der Waals surface area contributed by atoms with Crippen molar-refractivity contribution in [1.82, 2.24) is 5.32 Å². The standard InChI is InChI=1S/C11H11N3O2/c15-14(16)11-4-2-1-3-10(11)13-9-5-7-12-8-6-9/h1-7,12-13H,8H2. The van der Waals surface area contributed by atoms with Crippen LogP contribution in [0.4, 0.5) is 11.4 Å². The fourth-order valence-electron chi connectivity index (χ4n) is 1.44. The quantitative estimate of drug-likeness (QED) is 0.600. The Hall–Kier alpha value is -2.30. The molecule has 1 aliphatic heterocycles. The van der Waals surface area contributed by atoms with Crippen molar-refractivity contribution >= 4 is 11.4 Å². The maximum atomic E-state index is 10.8. The molecular formula is C11H11N3O2. The van der Waals surface area contributed by atoms with Gasteiger partial charge in [0.2, 0.25) is 0 Å². The van der Waals surface area contributed by atoms with Gasteiger partial charge in [-0.1, -0.05) is 12.1 Å². The van der Waals surface area contributed by atoms with Crippen molar-refractivity contribution in [1.29, 1.82) is 0 Å². The van der Waals surface area contributed by atoms with Gasteiger partial charge in [-0.05, 0) is 24.4 Å². The van der Waals surface area contributed by atoms with E-state index in [1.807, 2.05) is 12.2 Å². The van der Waals surface area contributed by atoms with E-state index in [2.05, 4.69) is 10.6 Å². The van der Waals surface area contributed by atoms with Gasteiger partial charge in [0.1, 0.15) is 5.69 Å². The Bertz CT molecular complexity index is 466. The van der Waals surface area contributed by atoms with E-state index >= 15 is 0 Å². The molecule has 1 aromatic carbocycles. The second-order valence-electron chi connectivity index (χ2n) is 3.30. The lowest BCUT2D eigenvalue weighted by atomic mass is 10.2. The van der Waals surface area contributed by atoms with Crippen LogP contribution in [0.3, 0.4) is 0 Å². The Morgan fingerprint density at radius 1 is 1.38 bits per heavy atom. The minimum Gasteiger partial charge on any atom is -0.387 e. The maximum absolute atomic E-state index is 10.8. The van der Waals surface area contributed by atoms with Gasteiger partial charge in [0.15, 0.2) is 0 Å². The Kier molecular flexibility index (Phi) is 2.86. The van der Waals surface area contributed by atoms with Crippen LogP contribution < -0.4 is 10.6 Å². The summed E-state index contributed by atoms with van der Waals surface area (Å²) in [6.07, 6.45) is 5.56. The van der Waals surface area contributed by atoms with Crippen LogP contribution in [0.5, 0.6) is 0 Å². The van der Waals surface area contributed by atoms with Gasteiger partial charge in [-0.15, -0.1) is 0 Å². The number of nitrogens with zero attached hydrogens (tertiary/aromatic N) is 1. The molecule has 16 heavy (non-hydrogen) atoms. The minimum atomic E-state index is -0.395. The zero-order valence-electron chi connectivity index (χ0n) is 8.51. The summed E-state index contributed by atoms with van der Waals surface area (Å²) in [6, 6.07) is 6.58. The summed E-state index contributed by atoms with van der Waals surface area (Å²) in [7, 11) is 0. The molecular weight excluding hydrogens is 206 g/mol. The van der Waals surface area contributed by atoms with Crippen LogP contribution in [-0.2, 0) is 0 Å². The number of nitro benzene ring substituents is 1. The van der Waals surface area contributed by atoms with E-state index in [1.54, 1.807) is 24.4 Å². The van der Waals surface area contributed by atoms with Crippen molar-refractivity contribution in [2.24, 2.45) is 0 Å². The average molecular weight is 217 g/mol. The second-order valence-corrected chi connectivity index (χ2v) is 3.30. The molecule has 0 saturated carbocycles. The van der Waals surface area contributed by atoms with Crippen molar-refractivity contribution in [3.63, 3.8) is 0 Å². The Morgan fingerprint density at radius 3 is 2.88 bits per heavy atom. The molecule has 0 fully saturated rings. The van der Waals surface area contributed by atoms with E-state index in [9.17, 15) is 10.1 Å². The van der Waals surface area contributed by atoms with Gasteiger partial charge in [-0.3, -0.25) is 10.1 Å². The fraction of sp³-hybridized carbons (Fsp3) is 0.0909. The van der Waals surface area contributed by atoms with E-state index in [4.69, 9.17) is 0 Å². The third-order valence-corrected chi connectivity index (χ3v) is 2.20. The van der Waals surface area contributed by atoms with E-state index in [0.29, 0.717) is 5.69 Å². The number of nitrogens with one attached hydrogen (secondary N) is 2. The van der Waals surface area contributed by atoms with Gasteiger partial charge in [0.25, 0.3) is 5.69 Å². The Morgan fingerprint density at radius 2 is 2.19 bits per heavy atom. The van der Waals surface area contributed by atoms with Crippen LogP contribution in [0.15, 0.2) is 48.3 Å². The normalized spacial score (nSPS) is 13.9. The van der Waals surface area contributed by atoms with Gasteiger partial charge in [-0.2, -0.15) is 0 Å². The molecule has 1 aliphatic rings. The van der Waals surface area contributed by atoms with Crippen molar-refractivity contribution in [3.05, 3.63) is 58.4 Å². The van der Waals surface area contributed by atoms with Crippen LogP contribution in [0.25, 0.3) is 0 Å². The average Bonchev–Trinajstić information content (AvgIpc) is 2.31. The number of rotatable bonds is 3. The summed E-state index contributed by atoms with van der Waals surface area (Å²) in [6.45, 7) is 0.722.